The molecule has 2 N–H and O–H groups in total. The van der Waals surface area contributed by atoms with Crippen LogP contribution in [0.4, 0.5) is 29.3 Å². The standard InChI is InChI=1S/C25H30F3N3O/c1-17(2)18-9-8-10-19(15-18)24(3,4)30-23(32)29-21-16-20(25(26,27)28)11-12-22(21)31-13-6-5-7-14-31/h8-12,15-16H,1,5-7,13-14H2,2-4H3,(H2,29,30,32). The minimum Gasteiger partial charge on any atom is -0.370 e. The highest BCUT2D eigenvalue weighted by atomic mass is 19.4. The van der Waals surface area contributed by atoms with Crippen LogP contribution >= 0.6 is 0 Å². The Morgan fingerprint density at radius 3 is 2.31 bits per heavy atom. The van der Waals surface area contributed by atoms with Crippen molar-refractivity contribution < 1.29 is 18.0 Å². The first-order valence-corrected chi connectivity index (χ1v) is 10.8. The summed E-state index contributed by atoms with van der Waals surface area (Å²) in [6.45, 7) is 11.1. The molecule has 1 heterocycles. The van der Waals surface area contributed by atoms with Crippen molar-refractivity contribution in [2.24, 2.45) is 0 Å². The van der Waals surface area contributed by atoms with Gasteiger partial charge >= 0.3 is 12.2 Å². The molecule has 4 nitrogen and oxygen atoms in total. The summed E-state index contributed by atoms with van der Waals surface area (Å²) in [5.41, 5.74) is 1.96. The van der Waals surface area contributed by atoms with E-state index in [0.29, 0.717) is 5.69 Å². The Bertz CT molecular complexity index is 992. The number of rotatable bonds is 5. The van der Waals surface area contributed by atoms with Crippen molar-refractivity contribution in [1.29, 1.82) is 0 Å². The van der Waals surface area contributed by atoms with Gasteiger partial charge in [-0.2, -0.15) is 13.2 Å². The number of piperidine rings is 1. The lowest BCUT2D eigenvalue weighted by Crippen LogP contribution is -2.43. The molecule has 2 aromatic rings. The molecule has 172 valence electrons. The van der Waals surface area contributed by atoms with E-state index in [1.54, 1.807) is 0 Å². The number of hydrogen-bond acceptors (Lipinski definition) is 2. The van der Waals surface area contributed by atoms with E-state index in [1.165, 1.54) is 6.07 Å². The number of nitrogens with one attached hydrogen (secondary N) is 2. The summed E-state index contributed by atoms with van der Waals surface area (Å²) in [5.74, 6) is 0. The number of carbonyl (C=O) groups excluding carboxylic acids is 1. The summed E-state index contributed by atoms with van der Waals surface area (Å²) in [4.78, 5) is 14.9. The number of urea groups is 1. The average Bonchev–Trinajstić information content (AvgIpc) is 2.73. The fourth-order valence-electron chi connectivity index (χ4n) is 3.91. The number of hydrogen-bond donors (Lipinski definition) is 2. The van der Waals surface area contributed by atoms with Crippen molar-refractivity contribution >= 4 is 23.0 Å². The van der Waals surface area contributed by atoms with E-state index in [1.807, 2.05) is 49.9 Å². The largest absolute Gasteiger partial charge is 0.416 e. The van der Waals surface area contributed by atoms with Crippen LogP contribution in [0, 0.1) is 0 Å². The third kappa shape index (κ3) is 5.64. The lowest BCUT2D eigenvalue weighted by molar-refractivity contribution is -0.137. The smallest absolute Gasteiger partial charge is 0.370 e. The van der Waals surface area contributed by atoms with E-state index in [4.69, 9.17) is 0 Å². The van der Waals surface area contributed by atoms with Gasteiger partial charge in [0.1, 0.15) is 0 Å². The molecule has 0 radical (unpaired) electrons. The first kappa shape index (κ1) is 23.7. The van der Waals surface area contributed by atoms with Crippen LogP contribution in [0.3, 0.4) is 0 Å². The van der Waals surface area contributed by atoms with Crippen LogP contribution in [0.15, 0.2) is 49.0 Å². The number of alkyl halides is 3. The number of halogens is 3. The minimum atomic E-state index is -4.49. The molecule has 7 heteroatoms. The van der Waals surface area contributed by atoms with Gasteiger partial charge in [0.05, 0.1) is 22.5 Å². The van der Waals surface area contributed by atoms with Crippen LogP contribution in [0.2, 0.25) is 0 Å². The molecule has 1 aliphatic rings. The molecule has 3 rings (SSSR count). The summed E-state index contributed by atoms with van der Waals surface area (Å²) >= 11 is 0. The fourth-order valence-corrected chi connectivity index (χ4v) is 3.91. The molecule has 2 aromatic carbocycles. The molecule has 0 bridgehead atoms. The molecule has 2 amide bonds. The van der Waals surface area contributed by atoms with Gasteiger partial charge in [-0.15, -0.1) is 0 Å². The van der Waals surface area contributed by atoms with E-state index < -0.39 is 23.3 Å². The van der Waals surface area contributed by atoms with Crippen LogP contribution < -0.4 is 15.5 Å². The van der Waals surface area contributed by atoms with Crippen molar-refractivity contribution in [2.45, 2.75) is 51.7 Å². The van der Waals surface area contributed by atoms with Crippen LogP contribution in [0.1, 0.15) is 56.7 Å². The van der Waals surface area contributed by atoms with E-state index in [-0.39, 0.29) is 5.69 Å². The Labute approximate surface area is 187 Å². The van der Waals surface area contributed by atoms with Gasteiger partial charge in [0.25, 0.3) is 0 Å². The van der Waals surface area contributed by atoms with Crippen molar-refractivity contribution in [3.63, 3.8) is 0 Å². The second-order valence-electron chi connectivity index (χ2n) is 8.84. The van der Waals surface area contributed by atoms with Gasteiger partial charge in [-0.3, -0.25) is 0 Å². The van der Waals surface area contributed by atoms with E-state index in [9.17, 15) is 18.0 Å². The molecule has 1 fully saturated rings. The molecule has 0 aliphatic carbocycles. The van der Waals surface area contributed by atoms with Crippen molar-refractivity contribution in [3.8, 4) is 0 Å². The zero-order valence-corrected chi connectivity index (χ0v) is 18.8. The van der Waals surface area contributed by atoms with Crippen LogP contribution in [-0.4, -0.2) is 19.1 Å². The Kier molecular flexibility index (Phi) is 6.86. The van der Waals surface area contributed by atoms with E-state index >= 15 is 0 Å². The van der Waals surface area contributed by atoms with Crippen molar-refractivity contribution in [2.75, 3.05) is 23.3 Å². The van der Waals surface area contributed by atoms with Gasteiger partial charge in [-0.25, -0.2) is 4.79 Å². The first-order chi connectivity index (χ1) is 15.0. The zero-order valence-electron chi connectivity index (χ0n) is 18.8. The van der Waals surface area contributed by atoms with Crippen molar-refractivity contribution in [1.82, 2.24) is 5.32 Å². The Balaban J connectivity index is 1.85. The molecule has 0 spiro atoms. The van der Waals surface area contributed by atoms with Crippen LogP contribution in [0.25, 0.3) is 5.57 Å². The van der Waals surface area contributed by atoms with Gasteiger partial charge in [-0.1, -0.05) is 30.4 Å². The Morgan fingerprint density at radius 2 is 1.69 bits per heavy atom. The maximum Gasteiger partial charge on any atom is 0.416 e. The molecule has 0 saturated carbocycles. The highest BCUT2D eigenvalue weighted by Gasteiger charge is 2.32. The normalized spacial score (nSPS) is 14.8. The van der Waals surface area contributed by atoms with Gasteiger partial charge in [0, 0.05) is 13.1 Å². The summed E-state index contributed by atoms with van der Waals surface area (Å²) < 4.78 is 40.0. The van der Waals surface area contributed by atoms with Gasteiger partial charge < -0.3 is 15.5 Å². The Hall–Kier alpha value is -2.96. The van der Waals surface area contributed by atoms with E-state index in [2.05, 4.69) is 17.2 Å². The predicted octanol–water partition coefficient (Wildman–Crippen LogP) is 6.79. The highest BCUT2D eigenvalue weighted by Crippen LogP contribution is 2.36. The highest BCUT2D eigenvalue weighted by molar-refractivity contribution is 5.94. The lowest BCUT2D eigenvalue weighted by Gasteiger charge is -2.32. The second kappa shape index (κ2) is 9.27. The summed E-state index contributed by atoms with van der Waals surface area (Å²) in [5, 5.41) is 5.57. The first-order valence-electron chi connectivity index (χ1n) is 10.8. The fraction of sp³-hybridized carbons (Fsp3) is 0.400. The van der Waals surface area contributed by atoms with Crippen LogP contribution in [0.5, 0.6) is 0 Å². The molecule has 1 aliphatic heterocycles. The third-order valence-corrected chi connectivity index (χ3v) is 5.77. The quantitative estimate of drug-likeness (QED) is 0.532. The molecule has 0 unspecified atom stereocenters. The summed E-state index contributed by atoms with van der Waals surface area (Å²) in [7, 11) is 0. The van der Waals surface area contributed by atoms with Crippen molar-refractivity contribution in [3.05, 3.63) is 65.7 Å². The summed E-state index contributed by atoms with van der Waals surface area (Å²) in [6, 6.07) is 10.6. The maximum atomic E-state index is 13.3. The van der Waals surface area contributed by atoms with Gasteiger partial charge in [0.15, 0.2) is 0 Å². The number of benzene rings is 2. The molecular weight excluding hydrogens is 415 g/mol. The van der Waals surface area contributed by atoms with Gasteiger partial charge in [0.2, 0.25) is 0 Å². The van der Waals surface area contributed by atoms with E-state index in [0.717, 1.165) is 61.2 Å². The molecule has 1 saturated heterocycles. The predicted molar refractivity (Wildman–Crippen MR) is 124 cm³/mol. The van der Waals surface area contributed by atoms with Crippen LogP contribution in [-0.2, 0) is 11.7 Å². The third-order valence-electron chi connectivity index (χ3n) is 5.77. The Morgan fingerprint density at radius 1 is 1.00 bits per heavy atom. The number of amides is 2. The summed E-state index contributed by atoms with van der Waals surface area (Å²) in [6.07, 6.45) is -1.45. The molecule has 0 aromatic heterocycles. The molecular formula is C25H30F3N3O. The lowest BCUT2D eigenvalue weighted by atomic mass is 9.92. The zero-order chi connectivity index (χ0) is 23.5. The number of carbonyl (C=O) groups is 1. The SMILES string of the molecule is C=C(C)c1cccc(C(C)(C)NC(=O)Nc2cc(C(F)(F)F)ccc2N2CCCCC2)c1. The molecule has 0 atom stereocenters. The number of nitrogens with zero attached hydrogens (tertiary/aromatic N) is 1. The van der Waals surface area contributed by atoms with Gasteiger partial charge in [-0.05, 0) is 75.4 Å². The maximum absolute atomic E-state index is 13.3. The minimum absolute atomic E-state index is 0.158. The monoisotopic (exact) mass is 445 g/mol. The topological polar surface area (TPSA) is 44.4 Å². The second-order valence-corrected chi connectivity index (χ2v) is 8.84. The molecule has 32 heavy (non-hydrogen) atoms. The average molecular weight is 446 g/mol. The number of allylic oxidation sites excluding steroid dienone is 1. The number of anilines is 2.